The molecule has 2 rings (SSSR count). The van der Waals surface area contributed by atoms with E-state index in [1.807, 2.05) is 19.9 Å². The van der Waals surface area contributed by atoms with E-state index in [0.717, 1.165) is 18.8 Å². The van der Waals surface area contributed by atoms with E-state index >= 15 is 0 Å². The third kappa shape index (κ3) is 3.84. The van der Waals surface area contributed by atoms with Crippen molar-refractivity contribution in [3.8, 4) is 16.9 Å². The Morgan fingerprint density at radius 3 is 2.60 bits per heavy atom. The summed E-state index contributed by atoms with van der Waals surface area (Å²) in [6.07, 6.45) is 0.197. The van der Waals surface area contributed by atoms with Gasteiger partial charge in [0.25, 0.3) is 0 Å². The maximum atomic E-state index is 5.78. The Bertz CT molecular complexity index is 549. The minimum absolute atomic E-state index is 0.197. The summed E-state index contributed by atoms with van der Waals surface area (Å²) < 4.78 is 5.78. The molecule has 0 spiro atoms. The topological polar surface area (TPSA) is 21.3 Å². The summed E-state index contributed by atoms with van der Waals surface area (Å²) in [6, 6.07) is 16.8. The summed E-state index contributed by atoms with van der Waals surface area (Å²) in [5.74, 6) is 0.927. The van der Waals surface area contributed by atoms with Gasteiger partial charge in [-0.05, 0) is 49.2 Å². The van der Waals surface area contributed by atoms with Crippen molar-refractivity contribution < 1.29 is 4.74 Å². The van der Waals surface area contributed by atoms with Gasteiger partial charge in [0.05, 0.1) is 6.10 Å². The number of nitrogens with one attached hydrogen (secondary N) is 1. The van der Waals surface area contributed by atoms with Crippen LogP contribution in [-0.2, 0) is 6.54 Å². The van der Waals surface area contributed by atoms with E-state index in [1.54, 1.807) is 0 Å². The first-order chi connectivity index (χ1) is 9.70. The molecule has 106 valence electrons. The standard InChI is InChI=1S/C18H23NO/c1-4-19-13-16-8-5-6-11-18(16)15-9-7-10-17(12-15)20-14(2)3/h5-12,14,19H,4,13H2,1-3H3. The molecule has 2 nitrogen and oxygen atoms in total. The van der Waals surface area contributed by atoms with Crippen LogP contribution in [0.2, 0.25) is 0 Å². The molecule has 0 atom stereocenters. The fourth-order valence-electron chi connectivity index (χ4n) is 2.22. The van der Waals surface area contributed by atoms with Crippen LogP contribution in [0, 0.1) is 0 Å². The molecular weight excluding hydrogens is 246 g/mol. The first-order valence-electron chi connectivity index (χ1n) is 7.26. The molecule has 0 aliphatic carbocycles. The van der Waals surface area contributed by atoms with E-state index in [9.17, 15) is 0 Å². The minimum atomic E-state index is 0.197. The summed E-state index contributed by atoms with van der Waals surface area (Å²) in [5, 5.41) is 3.39. The second-order valence-corrected chi connectivity index (χ2v) is 5.13. The molecule has 1 N–H and O–H groups in total. The van der Waals surface area contributed by atoms with Crippen molar-refractivity contribution in [2.45, 2.75) is 33.4 Å². The SMILES string of the molecule is CCNCc1ccccc1-c1cccc(OC(C)C)c1. The molecule has 0 amide bonds. The molecule has 20 heavy (non-hydrogen) atoms. The maximum absolute atomic E-state index is 5.78. The fourth-order valence-corrected chi connectivity index (χ4v) is 2.22. The summed E-state index contributed by atoms with van der Waals surface area (Å²) in [4.78, 5) is 0. The van der Waals surface area contributed by atoms with Gasteiger partial charge >= 0.3 is 0 Å². The first kappa shape index (κ1) is 14.6. The predicted molar refractivity (Wildman–Crippen MR) is 85.0 cm³/mol. The molecule has 0 aliphatic rings. The number of ether oxygens (including phenoxy) is 1. The smallest absolute Gasteiger partial charge is 0.120 e. The Labute approximate surface area is 121 Å². The van der Waals surface area contributed by atoms with Crippen molar-refractivity contribution in [3.05, 3.63) is 54.1 Å². The summed E-state index contributed by atoms with van der Waals surface area (Å²) in [5.41, 5.74) is 3.79. The monoisotopic (exact) mass is 269 g/mol. The highest BCUT2D eigenvalue weighted by Gasteiger charge is 2.06. The number of benzene rings is 2. The van der Waals surface area contributed by atoms with Crippen LogP contribution in [0.1, 0.15) is 26.3 Å². The Morgan fingerprint density at radius 2 is 1.85 bits per heavy atom. The van der Waals surface area contributed by atoms with Gasteiger partial charge in [0.1, 0.15) is 5.75 Å². The molecule has 2 aromatic rings. The molecule has 0 radical (unpaired) electrons. The van der Waals surface area contributed by atoms with Crippen molar-refractivity contribution in [1.82, 2.24) is 5.32 Å². The van der Waals surface area contributed by atoms with Crippen LogP contribution in [0.25, 0.3) is 11.1 Å². The van der Waals surface area contributed by atoms with E-state index in [4.69, 9.17) is 4.74 Å². The summed E-state index contributed by atoms with van der Waals surface area (Å²) in [7, 11) is 0. The molecule has 0 aromatic heterocycles. The number of hydrogen-bond donors (Lipinski definition) is 1. The lowest BCUT2D eigenvalue weighted by Crippen LogP contribution is -2.12. The Kier molecular flexibility index (Phi) is 5.19. The minimum Gasteiger partial charge on any atom is -0.491 e. The highest BCUT2D eigenvalue weighted by Crippen LogP contribution is 2.27. The molecule has 2 heteroatoms. The van der Waals surface area contributed by atoms with Crippen LogP contribution in [0.3, 0.4) is 0 Å². The van der Waals surface area contributed by atoms with Crippen molar-refractivity contribution in [3.63, 3.8) is 0 Å². The van der Waals surface area contributed by atoms with Gasteiger partial charge in [-0.25, -0.2) is 0 Å². The molecule has 0 bridgehead atoms. The van der Waals surface area contributed by atoms with Gasteiger partial charge in [0, 0.05) is 6.54 Å². The second-order valence-electron chi connectivity index (χ2n) is 5.13. The number of hydrogen-bond acceptors (Lipinski definition) is 2. The zero-order chi connectivity index (χ0) is 14.4. The van der Waals surface area contributed by atoms with Crippen LogP contribution in [0.15, 0.2) is 48.5 Å². The van der Waals surface area contributed by atoms with Crippen molar-refractivity contribution in [1.29, 1.82) is 0 Å². The molecule has 0 heterocycles. The third-order valence-corrected chi connectivity index (χ3v) is 3.10. The lowest BCUT2D eigenvalue weighted by molar-refractivity contribution is 0.242. The average Bonchev–Trinajstić information content (AvgIpc) is 2.45. The Balaban J connectivity index is 2.31. The van der Waals surface area contributed by atoms with E-state index in [2.05, 4.69) is 54.7 Å². The summed E-state index contributed by atoms with van der Waals surface area (Å²) >= 11 is 0. The first-order valence-corrected chi connectivity index (χ1v) is 7.26. The lowest BCUT2D eigenvalue weighted by Gasteiger charge is -2.13. The van der Waals surface area contributed by atoms with Crippen LogP contribution in [0.5, 0.6) is 5.75 Å². The molecule has 0 fully saturated rings. The van der Waals surface area contributed by atoms with Crippen LogP contribution >= 0.6 is 0 Å². The normalized spacial score (nSPS) is 10.8. The molecule has 0 unspecified atom stereocenters. The van der Waals surface area contributed by atoms with E-state index in [1.165, 1.54) is 16.7 Å². The highest BCUT2D eigenvalue weighted by molar-refractivity contribution is 5.68. The van der Waals surface area contributed by atoms with Crippen molar-refractivity contribution in [2.75, 3.05) is 6.54 Å². The third-order valence-electron chi connectivity index (χ3n) is 3.10. The van der Waals surface area contributed by atoms with Gasteiger partial charge < -0.3 is 10.1 Å². The second kappa shape index (κ2) is 7.11. The van der Waals surface area contributed by atoms with E-state index in [0.29, 0.717) is 0 Å². The van der Waals surface area contributed by atoms with Gasteiger partial charge in [-0.2, -0.15) is 0 Å². The molecule has 2 aromatic carbocycles. The van der Waals surface area contributed by atoms with Crippen molar-refractivity contribution in [2.24, 2.45) is 0 Å². The van der Waals surface area contributed by atoms with Gasteiger partial charge in [0.2, 0.25) is 0 Å². The van der Waals surface area contributed by atoms with Crippen LogP contribution < -0.4 is 10.1 Å². The number of rotatable bonds is 6. The molecule has 0 aliphatic heterocycles. The van der Waals surface area contributed by atoms with Gasteiger partial charge in [-0.3, -0.25) is 0 Å². The molecule has 0 saturated heterocycles. The Hall–Kier alpha value is -1.80. The fraction of sp³-hybridized carbons (Fsp3) is 0.333. The predicted octanol–water partition coefficient (Wildman–Crippen LogP) is 4.25. The largest absolute Gasteiger partial charge is 0.491 e. The zero-order valence-corrected chi connectivity index (χ0v) is 12.5. The maximum Gasteiger partial charge on any atom is 0.120 e. The van der Waals surface area contributed by atoms with Gasteiger partial charge in [-0.1, -0.05) is 43.3 Å². The van der Waals surface area contributed by atoms with E-state index in [-0.39, 0.29) is 6.10 Å². The van der Waals surface area contributed by atoms with Crippen LogP contribution in [0.4, 0.5) is 0 Å². The van der Waals surface area contributed by atoms with Crippen molar-refractivity contribution >= 4 is 0 Å². The molecule has 0 saturated carbocycles. The van der Waals surface area contributed by atoms with Gasteiger partial charge in [0.15, 0.2) is 0 Å². The highest BCUT2D eigenvalue weighted by atomic mass is 16.5. The van der Waals surface area contributed by atoms with Gasteiger partial charge in [-0.15, -0.1) is 0 Å². The zero-order valence-electron chi connectivity index (χ0n) is 12.5. The van der Waals surface area contributed by atoms with E-state index < -0.39 is 0 Å². The average molecular weight is 269 g/mol. The quantitative estimate of drug-likeness (QED) is 0.846. The summed E-state index contributed by atoms with van der Waals surface area (Å²) in [6.45, 7) is 8.09. The molecular formula is C18H23NO. The van der Waals surface area contributed by atoms with Crippen LogP contribution in [-0.4, -0.2) is 12.6 Å². The Morgan fingerprint density at radius 1 is 1.05 bits per heavy atom. The lowest BCUT2D eigenvalue weighted by atomic mass is 9.99.